The minimum absolute atomic E-state index is 0.558. The van der Waals surface area contributed by atoms with Gasteiger partial charge in [0.25, 0.3) is 0 Å². The van der Waals surface area contributed by atoms with Gasteiger partial charge in [0.05, 0.1) is 20.5 Å². The van der Waals surface area contributed by atoms with Gasteiger partial charge in [-0.15, -0.1) is 0 Å². The molecule has 4 nitrogen and oxygen atoms in total. The Hall–Kier alpha value is -1.41. The maximum atomic E-state index is 11.7. The molecule has 0 aliphatic rings. The first kappa shape index (κ1) is 16.6. The van der Waals surface area contributed by atoms with E-state index in [4.69, 9.17) is 9.84 Å². The van der Waals surface area contributed by atoms with Crippen LogP contribution in [0.15, 0.2) is 18.2 Å². The van der Waals surface area contributed by atoms with Crippen molar-refractivity contribution in [3.8, 4) is 0 Å². The van der Waals surface area contributed by atoms with Crippen molar-refractivity contribution >= 4 is 42.8 Å². The number of rotatable bonds is 6. The fourth-order valence-electron chi connectivity index (χ4n) is 2.14. The van der Waals surface area contributed by atoms with Crippen LogP contribution in [0.5, 0.6) is 0 Å². The van der Waals surface area contributed by atoms with Gasteiger partial charge in [-0.1, -0.05) is 42.4 Å². The van der Waals surface area contributed by atoms with Gasteiger partial charge in [0, 0.05) is 0 Å². The Kier molecular flexibility index (Phi) is 5.70. The van der Waals surface area contributed by atoms with Gasteiger partial charge in [-0.25, -0.2) is 0 Å². The molecule has 0 unspecified atom stereocenters. The molecule has 0 bridgehead atoms. The molecule has 6 radical (unpaired) electrons. The zero-order valence-electron chi connectivity index (χ0n) is 11.5. The number of hydrogen-bond donors (Lipinski definition) is 1. The largest absolute Gasteiger partial charge is 0.481 e. The summed E-state index contributed by atoms with van der Waals surface area (Å²) in [5.74, 6) is -1.92. The highest BCUT2D eigenvalue weighted by atomic mass is 28.2. The minimum Gasteiger partial charge on any atom is -0.481 e. The second-order valence-corrected chi connectivity index (χ2v) is 5.51. The van der Waals surface area contributed by atoms with Gasteiger partial charge < -0.3 is 9.84 Å². The van der Waals surface area contributed by atoms with Crippen LogP contribution in [0.1, 0.15) is 38.7 Å². The van der Waals surface area contributed by atoms with E-state index in [0.29, 0.717) is 12.8 Å². The van der Waals surface area contributed by atoms with Crippen LogP contribution in [-0.4, -0.2) is 37.5 Å². The van der Waals surface area contributed by atoms with Gasteiger partial charge in [-0.2, -0.15) is 0 Å². The average Bonchev–Trinajstić information content (AvgIpc) is 2.39. The molecule has 0 heterocycles. The number of benzene rings is 1. The summed E-state index contributed by atoms with van der Waals surface area (Å²) in [6.07, 6.45) is 0.483. The Labute approximate surface area is 125 Å². The average molecular weight is 304 g/mol. The molecule has 0 aliphatic carbocycles. The number of aliphatic carboxylic acids is 1. The molecule has 6 heteroatoms. The van der Waals surface area contributed by atoms with Crippen LogP contribution in [0.3, 0.4) is 0 Å². The SMILES string of the molecule is CCC(CC)(OC(=O)CC(=O)O)c1cccc([Si])c1[Si]. The molecule has 0 fully saturated rings. The maximum absolute atomic E-state index is 11.7. The van der Waals surface area contributed by atoms with Gasteiger partial charge in [0.1, 0.15) is 12.0 Å². The Morgan fingerprint density at radius 1 is 1.25 bits per heavy atom. The van der Waals surface area contributed by atoms with Crippen molar-refractivity contribution in [2.75, 3.05) is 0 Å². The fraction of sp³-hybridized carbons (Fsp3) is 0.429. The van der Waals surface area contributed by atoms with Crippen molar-refractivity contribution in [1.82, 2.24) is 0 Å². The first-order valence-electron chi connectivity index (χ1n) is 6.36. The van der Waals surface area contributed by atoms with E-state index in [1.165, 1.54) is 0 Å². The highest BCUT2D eigenvalue weighted by Crippen LogP contribution is 2.32. The highest BCUT2D eigenvalue weighted by Gasteiger charge is 2.34. The fourth-order valence-corrected chi connectivity index (χ4v) is 2.77. The summed E-state index contributed by atoms with van der Waals surface area (Å²) in [4.78, 5) is 22.3. The predicted molar refractivity (Wildman–Crippen MR) is 77.8 cm³/mol. The number of ether oxygens (including phenoxy) is 1. The molecular formula is C14H16O4Si2. The van der Waals surface area contributed by atoms with Crippen LogP contribution in [0.4, 0.5) is 0 Å². The van der Waals surface area contributed by atoms with Gasteiger partial charge in [0.2, 0.25) is 0 Å². The lowest BCUT2D eigenvalue weighted by molar-refractivity contribution is -0.165. The normalized spacial score (nSPS) is 11.2. The minimum atomic E-state index is -1.19. The Morgan fingerprint density at radius 3 is 2.35 bits per heavy atom. The second-order valence-electron chi connectivity index (χ2n) is 4.47. The van der Waals surface area contributed by atoms with Crippen LogP contribution >= 0.6 is 0 Å². The van der Waals surface area contributed by atoms with Crippen molar-refractivity contribution < 1.29 is 19.4 Å². The second kappa shape index (κ2) is 6.85. The maximum Gasteiger partial charge on any atom is 0.318 e. The topological polar surface area (TPSA) is 63.6 Å². The van der Waals surface area contributed by atoms with E-state index in [0.717, 1.165) is 15.9 Å². The molecule has 0 spiro atoms. The Balaban J connectivity index is 3.17. The lowest BCUT2D eigenvalue weighted by atomic mass is 9.88. The van der Waals surface area contributed by atoms with Crippen LogP contribution in [0.25, 0.3) is 0 Å². The third-order valence-corrected chi connectivity index (χ3v) is 4.51. The van der Waals surface area contributed by atoms with Crippen molar-refractivity contribution in [3.05, 3.63) is 23.8 Å². The van der Waals surface area contributed by atoms with Gasteiger partial charge in [-0.05, 0) is 18.4 Å². The summed E-state index contributed by atoms with van der Waals surface area (Å²) in [5, 5.41) is 10.3. The number of hydrogen-bond acceptors (Lipinski definition) is 3. The molecule has 0 saturated carbocycles. The van der Waals surface area contributed by atoms with E-state index in [-0.39, 0.29) is 0 Å². The summed E-state index contributed by atoms with van der Waals surface area (Å²) in [5.41, 5.74) is -0.00266. The monoisotopic (exact) mass is 304 g/mol. The summed E-state index contributed by atoms with van der Waals surface area (Å²) >= 11 is 0. The molecule has 1 rings (SSSR count). The lowest BCUT2D eigenvalue weighted by Gasteiger charge is -2.33. The Bertz CT molecular complexity index is 510. The zero-order chi connectivity index (χ0) is 15.3. The number of esters is 1. The molecule has 0 saturated heterocycles. The van der Waals surface area contributed by atoms with E-state index < -0.39 is 24.0 Å². The van der Waals surface area contributed by atoms with Crippen molar-refractivity contribution in [2.45, 2.75) is 38.7 Å². The van der Waals surface area contributed by atoms with Crippen molar-refractivity contribution in [2.24, 2.45) is 0 Å². The van der Waals surface area contributed by atoms with E-state index in [2.05, 4.69) is 20.5 Å². The molecule has 0 aromatic heterocycles. The quantitative estimate of drug-likeness (QED) is 0.467. The molecule has 1 aromatic carbocycles. The van der Waals surface area contributed by atoms with Crippen molar-refractivity contribution in [3.63, 3.8) is 0 Å². The standard InChI is InChI=1S/C14H16O4Si2/c1-3-14(4-2,18-12(17)8-11(15)16)9-6-5-7-10(19)13(9)20/h5-7H,3-4,8H2,1-2H3,(H,15,16). The van der Waals surface area contributed by atoms with Crippen molar-refractivity contribution in [1.29, 1.82) is 0 Å². The molecule has 1 aromatic rings. The van der Waals surface area contributed by atoms with E-state index in [1.54, 1.807) is 0 Å². The lowest BCUT2D eigenvalue weighted by Crippen LogP contribution is -2.41. The molecular weight excluding hydrogens is 288 g/mol. The smallest absolute Gasteiger partial charge is 0.318 e. The molecule has 1 N–H and O–H groups in total. The molecule has 20 heavy (non-hydrogen) atoms. The predicted octanol–water partition coefficient (Wildman–Crippen LogP) is 0.307. The first-order chi connectivity index (χ1) is 9.36. The molecule has 0 amide bonds. The summed E-state index contributed by atoms with van der Waals surface area (Å²) < 4.78 is 5.50. The van der Waals surface area contributed by atoms with Gasteiger partial charge >= 0.3 is 11.9 Å². The molecule has 0 atom stereocenters. The van der Waals surface area contributed by atoms with Crippen LogP contribution in [-0.2, 0) is 19.9 Å². The summed E-state index contributed by atoms with van der Waals surface area (Å²) in [6, 6.07) is 5.59. The van der Waals surface area contributed by atoms with Gasteiger partial charge in [0.15, 0.2) is 0 Å². The number of carbonyl (C=O) groups is 2. The van der Waals surface area contributed by atoms with E-state index in [1.807, 2.05) is 32.0 Å². The number of carbonyl (C=O) groups excluding carboxylic acids is 1. The van der Waals surface area contributed by atoms with E-state index >= 15 is 0 Å². The Morgan fingerprint density at radius 2 is 1.85 bits per heavy atom. The van der Waals surface area contributed by atoms with E-state index in [9.17, 15) is 9.59 Å². The van der Waals surface area contributed by atoms with Gasteiger partial charge in [-0.3, -0.25) is 9.59 Å². The number of carboxylic acids is 1. The molecule has 104 valence electrons. The first-order valence-corrected chi connectivity index (χ1v) is 7.36. The zero-order valence-corrected chi connectivity index (χ0v) is 13.5. The summed E-state index contributed by atoms with van der Waals surface area (Å²) in [6.45, 7) is 3.81. The van der Waals surface area contributed by atoms with Crippen LogP contribution in [0, 0.1) is 0 Å². The van der Waals surface area contributed by atoms with Crippen LogP contribution in [0.2, 0.25) is 0 Å². The number of carboxylic acid groups (broad SMARTS) is 1. The van der Waals surface area contributed by atoms with Crippen LogP contribution < -0.4 is 10.4 Å². The third kappa shape index (κ3) is 3.58. The molecule has 0 aliphatic heterocycles. The summed E-state index contributed by atoms with van der Waals surface area (Å²) in [7, 11) is 7.01. The highest BCUT2D eigenvalue weighted by molar-refractivity contribution is 6.49. The third-order valence-electron chi connectivity index (χ3n) is 3.30.